The van der Waals surface area contributed by atoms with E-state index in [0.717, 1.165) is 23.1 Å². The Kier molecular flexibility index (Phi) is 5.15. The van der Waals surface area contributed by atoms with Crippen molar-refractivity contribution in [3.05, 3.63) is 71.3 Å². The van der Waals surface area contributed by atoms with Gasteiger partial charge in [-0.05, 0) is 24.5 Å². The zero-order valence-electron chi connectivity index (χ0n) is 12.4. The third kappa shape index (κ3) is 4.69. The number of hydrogen-bond donors (Lipinski definition) is 1. The minimum atomic E-state index is -3.36. The smallest absolute Gasteiger partial charge is 0.212 e. The zero-order valence-corrected chi connectivity index (χ0v) is 13.2. The molecule has 1 N–H and O–H groups in total. The molecule has 3 nitrogen and oxygen atoms in total. The van der Waals surface area contributed by atoms with Gasteiger partial charge in [-0.15, -0.1) is 0 Å². The van der Waals surface area contributed by atoms with Gasteiger partial charge in [-0.1, -0.05) is 67.1 Å². The summed E-state index contributed by atoms with van der Waals surface area (Å²) in [5.74, 6) is 0.0119. The molecule has 0 bridgehead atoms. The summed E-state index contributed by atoms with van der Waals surface area (Å²) < 4.78 is 27.5. The van der Waals surface area contributed by atoms with Crippen LogP contribution in [-0.4, -0.2) is 8.42 Å². The van der Waals surface area contributed by atoms with Crippen LogP contribution in [0.2, 0.25) is 0 Å². The second kappa shape index (κ2) is 6.87. The molecule has 0 amide bonds. The molecule has 0 aromatic heterocycles. The standard InChI is InChI=1S/C17H21NO2S/c1-3-17(16-10-5-4-6-11-16)18-21(19,20)13-15-9-7-8-14(2)12-15/h4-12,17-18H,3,13H2,1-2H3/t17-/m0/s1. The lowest BCUT2D eigenvalue weighted by atomic mass is 10.1. The monoisotopic (exact) mass is 303 g/mol. The summed E-state index contributed by atoms with van der Waals surface area (Å²) in [5, 5.41) is 0. The topological polar surface area (TPSA) is 46.2 Å². The van der Waals surface area contributed by atoms with Crippen LogP contribution >= 0.6 is 0 Å². The van der Waals surface area contributed by atoms with Gasteiger partial charge in [0.15, 0.2) is 0 Å². The molecule has 0 fully saturated rings. The van der Waals surface area contributed by atoms with Gasteiger partial charge < -0.3 is 0 Å². The molecule has 112 valence electrons. The maximum Gasteiger partial charge on any atom is 0.216 e. The van der Waals surface area contributed by atoms with E-state index in [-0.39, 0.29) is 11.8 Å². The van der Waals surface area contributed by atoms with Crippen LogP contribution in [-0.2, 0) is 15.8 Å². The predicted molar refractivity (Wildman–Crippen MR) is 86.4 cm³/mol. The molecule has 0 unspecified atom stereocenters. The normalized spacial score (nSPS) is 13.0. The Bertz CT molecular complexity index is 681. The van der Waals surface area contributed by atoms with Crippen LogP contribution in [0.1, 0.15) is 36.1 Å². The molecule has 0 aliphatic carbocycles. The van der Waals surface area contributed by atoms with Crippen LogP contribution in [0.25, 0.3) is 0 Å². The summed E-state index contributed by atoms with van der Waals surface area (Å²) in [4.78, 5) is 0. The van der Waals surface area contributed by atoms with Crippen molar-refractivity contribution in [3.63, 3.8) is 0 Å². The molecule has 0 aliphatic heterocycles. The highest BCUT2D eigenvalue weighted by atomic mass is 32.2. The zero-order chi connectivity index (χ0) is 15.3. The Morgan fingerprint density at radius 2 is 1.76 bits per heavy atom. The molecule has 0 saturated carbocycles. The van der Waals surface area contributed by atoms with Crippen molar-refractivity contribution in [3.8, 4) is 0 Å². The van der Waals surface area contributed by atoms with Crippen LogP contribution in [0.3, 0.4) is 0 Å². The largest absolute Gasteiger partial charge is 0.216 e. The lowest BCUT2D eigenvalue weighted by molar-refractivity contribution is 0.549. The Labute approximate surface area is 127 Å². The van der Waals surface area contributed by atoms with E-state index < -0.39 is 10.0 Å². The molecule has 2 aromatic rings. The number of sulfonamides is 1. The van der Waals surface area contributed by atoms with Gasteiger partial charge >= 0.3 is 0 Å². The van der Waals surface area contributed by atoms with Gasteiger partial charge in [0.1, 0.15) is 0 Å². The van der Waals surface area contributed by atoms with Gasteiger partial charge in [0.05, 0.1) is 5.75 Å². The lowest BCUT2D eigenvalue weighted by Gasteiger charge is -2.17. The average Bonchev–Trinajstić information content (AvgIpc) is 2.45. The van der Waals surface area contributed by atoms with E-state index >= 15 is 0 Å². The summed E-state index contributed by atoms with van der Waals surface area (Å²) in [6.07, 6.45) is 0.719. The first kappa shape index (κ1) is 15.7. The van der Waals surface area contributed by atoms with Crippen molar-refractivity contribution in [1.29, 1.82) is 0 Å². The highest BCUT2D eigenvalue weighted by Gasteiger charge is 2.18. The van der Waals surface area contributed by atoms with Crippen molar-refractivity contribution in [2.24, 2.45) is 0 Å². The Balaban J connectivity index is 2.13. The lowest BCUT2D eigenvalue weighted by Crippen LogP contribution is -2.29. The maximum absolute atomic E-state index is 12.3. The SMILES string of the molecule is CC[C@H](NS(=O)(=O)Cc1cccc(C)c1)c1ccccc1. The summed E-state index contributed by atoms with van der Waals surface area (Å²) in [7, 11) is -3.36. The van der Waals surface area contributed by atoms with Crippen LogP contribution in [0.5, 0.6) is 0 Å². The third-order valence-corrected chi connectivity index (χ3v) is 4.73. The number of aryl methyl sites for hydroxylation is 1. The fraction of sp³-hybridized carbons (Fsp3) is 0.294. The summed E-state index contributed by atoms with van der Waals surface area (Å²) >= 11 is 0. The molecule has 0 aliphatic rings. The predicted octanol–water partition coefficient (Wildman–Crippen LogP) is 3.57. The van der Waals surface area contributed by atoms with Crippen molar-refractivity contribution >= 4 is 10.0 Å². The minimum Gasteiger partial charge on any atom is -0.212 e. The van der Waals surface area contributed by atoms with Crippen LogP contribution < -0.4 is 4.72 Å². The van der Waals surface area contributed by atoms with Gasteiger partial charge in [0, 0.05) is 6.04 Å². The van der Waals surface area contributed by atoms with Crippen LogP contribution in [0.4, 0.5) is 0 Å². The molecule has 2 rings (SSSR count). The number of benzene rings is 2. The molecule has 0 heterocycles. The highest BCUT2D eigenvalue weighted by molar-refractivity contribution is 7.88. The van der Waals surface area contributed by atoms with E-state index in [1.165, 1.54) is 0 Å². The van der Waals surface area contributed by atoms with Crippen molar-refractivity contribution in [2.75, 3.05) is 0 Å². The first-order valence-corrected chi connectivity index (χ1v) is 8.76. The number of hydrogen-bond acceptors (Lipinski definition) is 2. The van der Waals surface area contributed by atoms with Gasteiger partial charge in [-0.3, -0.25) is 0 Å². The molecule has 0 spiro atoms. The van der Waals surface area contributed by atoms with Crippen LogP contribution in [0.15, 0.2) is 54.6 Å². The number of rotatable bonds is 6. The molecule has 0 radical (unpaired) electrons. The Morgan fingerprint density at radius 1 is 1.05 bits per heavy atom. The molecule has 1 atom stereocenters. The molecule has 4 heteroatoms. The summed E-state index contributed by atoms with van der Waals surface area (Å²) in [5.41, 5.74) is 2.87. The second-order valence-electron chi connectivity index (χ2n) is 5.24. The molecular formula is C17H21NO2S. The van der Waals surface area contributed by atoms with E-state index in [2.05, 4.69) is 4.72 Å². The van der Waals surface area contributed by atoms with Crippen molar-refractivity contribution in [2.45, 2.75) is 32.1 Å². The number of nitrogens with one attached hydrogen (secondary N) is 1. The first-order valence-electron chi connectivity index (χ1n) is 7.10. The Hall–Kier alpha value is -1.65. The van der Waals surface area contributed by atoms with E-state index in [9.17, 15) is 8.42 Å². The van der Waals surface area contributed by atoms with E-state index in [0.29, 0.717) is 0 Å². The molecule has 21 heavy (non-hydrogen) atoms. The Morgan fingerprint density at radius 3 is 2.38 bits per heavy atom. The van der Waals surface area contributed by atoms with Gasteiger partial charge in [0.2, 0.25) is 10.0 Å². The third-order valence-electron chi connectivity index (χ3n) is 3.37. The maximum atomic E-state index is 12.3. The van der Waals surface area contributed by atoms with Crippen molar-refractivity contribution < 1.29 is 8.42 Å². The fourth-order valence-corrected chi connectivity index (χ4v) is 3.79. The average molecular weight is 303 g/mol. The van der Waals surface area contributed by atoms with Crippen molar-refractivity contribution in [1.82, 2.24) is 4.72 Å². The molecule has 2 aromatic carbocycles. The quantitative estimate of drug-likeness (QED) is 0.887. The van der Waals surface area contributed by atoms with Gasteiger partial charge in [-0.25, -0.2) is 13.1 Å². The first-order chi connectivity index (χ1) is 10.00. The van der Waals surface area contributed by atoms with E-state index in [1.54, 1.807) is 0 Å². The van der Waals surface area contributed by atoms with E-state index in [4.69, 9.17) is 0 Å². The van der Waals surface area contributed by atoms with Gasteiger partial charge in [-0.2, -0.15) is 0 Å². The summed E-state index contributed by atoms with van der Waals surface area (Å²) in [6, 6.07) is 17.1. The van der Waals surface area contributed by atoms with E-state index in [1.807, 2.05) is 68.4 Å². The second-order valence-corrected chi connectivity index (χ2v) is 6.99. The van der Waals surface area contributed by atoms with Crippen LogP contribution in [0, 0.1) is 6.92 Å². The fourth-order valence-electron chi connectivity index (χ4n) is 2.35. The van der Waals surface area contributed by atoms with Gasteiger partial charge in [0.25, 0.3) is 0 Å². The minimum absolute atomic E-state index is 0.0119. The highest BCUT2D eigenvalue weighted by Crippen LogP contribution is 2.18. The molecule has 0 saturated heterocycles. The molecular weight excluding hydrogens is 282 g/mol. The summed E-state index contributed by atoms with van der Waals surface area (Å²) in [6.45, 7) is 3.94.